The molecule has 1 aliphatic rings. The summed E-state index contributed by atoms with van der Waals surface area (Å²) in [7, 11) is 1.40. The number of ether oxygens (including phenoxy) is 1. The van der Waals surface area contributed by atoms with Crippen LogP contribution in [0.15, 0.2) is 5.38 Å². The second-order valence-corrected chi connectivity index (χ2v) is 3.61. The summed E-state index contributed by atoms with van der Waals surface area (Å²) < 4.78 is 4.67. The Morgan fingerprint density at radius 2 is 2.54 bits per heavy atom. The van der Waals surface area contributed by atoms with Crippen molar-refractivity contribution < 1.29 is 9.53 Å². The van der Waals surface area contributed by atoms with Gasteiger partial charge in [-0.3, -0.25) is 5.32 Å². The van der Waals surface area contributed by atoms with Crippen LogP contribution in [0.25, 0.3) is 0 Å². The van der Waals surface area contributed by atoms with Gasteiger partial charge in [-0.05, 0) is 0 Å². The summed E-state index contributed by atoms with van der Waals surface area (Å²) >= 11 is 1.54. The quantitative estimate of drug-likeness (QED) is 0.661. The fraction of sp³-hybridized carbons (Fsp3) is 0.375. The van der Waals surface area contributed by atoms with Crippen LogP contribution in [0.2, 0.25) is 0 Å². The molecule has 0 saturated heterocycles. The molecule has 0 aliphatic carbocycles. The summed E-state index contributed by atoms with van der Waals surface area (Å²) in [6.07, 6.45) is 0. The van der Waals surface area contributed by atoms with E-state index in [4.69, 9.17) is 0 Å². The van der Waals surface area contributed by atoms with Crippen molar-refractivity contribution in [1.29, 1.82) is 0 Å². The van der Waals surface area contributed by atoms with Crippen molar-refractivity contribution in [3.8, 4) is 0 Å². The van der Waals surface area contributed by atoms with Crippen LogP contribution in [0, 0.1) is 0 Å². The van der Waals surface area contributed by atoms with Crippen molar-refractivity contribution in [2.24, 2.45) is 0 Å². The molecule has 5 heteroatoms. The van der Waals surface area contributed by atoms with Gasteiger partial charge in [0.15, 0.2) is 0 Å². The Labute approximate surface area is 79.9 Å². The minimum Gasteiger partial charge on any atom is -0.465 e. The molecule has 2 N–H and O–H groups in total. The van der Waals surface area contributed by atoms with Gasteiger partial charge in [0.25, 0.3) is 0 Å². The molecule has 0 unspecified atom stereocenters. The van der Waals surface area contributed by atoms with Gasteiger partial charge in [0.2, 0.25) is 0 Å². The predicted octanol–water partition coefficient (Wildman–Crippen LogP) is 1.01. The highest BCUT2D eigenvalue weighted by molar-refractivity contribution is 7.14. The van der Waals surface area contributed by atoms with Crippen molar-refractivity contribution in [1.82, 2.24) is 5.32 Å². The van der Waals surface area contributed by atoms with Crippen molar-refractivity contribution in [2.75, 3.05) is 19.1 Å². The number of thiophene rings is 1. The lowest BCUT2D eigenvalue weighted by Gasteiger charge is -2.15. The molecule has 0 amide bonds. The van der Waals surface area contributed by atoms with Gasteiger partial charge in [0.05, 0.1) is 24.3 Å². The summed E-state index contributed by atoms with van der Waals surface area (Å²) in [5.74, 6) is -0.261. The molecular weight excluding hydrogens is 188 g/mol. The lowest BCUT2D eigenvalue weighted by atomic mass is 10.1. The van der Waals surface area contributed by atoms with E-state index in [0.29, 0.717) is 5.56 Å². The fourth-order valence-electron chi connectivity index (χ4n) is 1.32. The number of carbonyl (C=O) groups excluding carboxylic acids is 1. The molecular formula is C8H10N2O2S. The molecule has 2 heterocycles. The van der Waals surface area contributed by atoms with Gasteiger partial charge < -0.3 is 10.1 Å². The summed E-state index contributed by atoms with van der Waals surface area (Å²) in [6.45, 7) is 1.49. The SMILES string of the molecule is COC(=O)c1csc2c1CNCN2. The Morgan fingerprint density at radius 1 is 1.69 bits per heavy atom. The highest BCUT2D eigenvalue weighted by Crippen LogP contribution is 2.29. The van der Waals surface area contributed by atoms with E-state index in [1.165, 1.54) is 7.11 Å². The second-order valence-electron chi connectivity index (χ2n) is 2.73. The maximum absolute atomic E-state index is 11.3. The Hall–Kier alpha value is -1.07. The van der Waals surface area contributed by atoms with E-state index in [-0.39, 0.29) is 5.97 Å². The van der Waals surface area contributed by atoms with Gasteiger partial charge >= 0.3 is 5.97 Å². The van der Waals surface area contributed by atoms with Crippen LogP contribution < -0.4 is 10.6 Å². The third kappa shape index (κ3) is 1.40. The van der Waals surface area contributed by atoms with E-state index >= 15 is 0 Å². The van der Waals surface area contributed by atoms with Crippen molar-refractivity contribution in [3.05, 3.63) is 16.5 Å². The normalized spacial score (nSPS) is 14.5. The first-order chi connectivity index (χ1) is 6.33. The third-order valence-corrected chi connectivity index (χ3v) is 2.95. The van der Waals surface area contributed by atoms with Crippen LogP contribution in [0.1, 0.15) is 15.9 Å². The van der Waals surface area contributed by atoms with Gasteiger partial charge in [-0.15, -0.1) is 11.3 Å². The lowest BCUT2D eigenvalue weighted by molar-refractivity contribution is 0.0600. The van der Waals surface area contributed by atoms with Crippen LogP contribution in [0.3, 0.4) is 0 Å². The summed E-state index contributed by atoms with van der Waals surface area (Å²) in [6, 6.07) is 0. The number of carbonyl (C=O) groups is 1. The maximum atomic E-state index is 11.3. The molecule has 0 spiro atoms. The van der Waals surface area contributed by atoms with Crippen LogP contribution in [-0.4, -0.2) is 19.7 Å². The average molecular weight is 198 g/mol. The largest absolute Gasteiger partial charge is 0.465 e. The Morgan fingerprint density at radius 3 is 3.31 bits per heavy atom. The number of rotatable bonds is 1. The molecule has 1 aliphatic heterocycles. The highest BCUT2D eigenvalue weighted by Gasteiger charge is 2.19. The first kappa shape index (κ1) is 8.52. The molecule has 0 aromatic carbocycles. The first-order valence-corrected chi connectivity index (χ1v) is 4.84. The van der Waals surface area contributed by atoms with Crippen LogP contribution in [0.4, 0.5) is 5.00 Å². The number of esters is 1. The molecule has 70 valence electrons. The number of nitrogens with one attached hydrogen (secondary N) is 2. The average Bonchev–Trinajstić information content (AvgIpc) is 2.60. The molecule has 1 aromatic rings. The number of hydrogen-bond donors (Lipinski definition) is 2. The topological polar surface area (TPSA) is 50.4 Å². The fourth-order valence-corrected chi connectivity index (χ4v) is 2.27. The third-order valence-electron chi connectivity index (χ3n) is 1.97. The van der Waals surface area contributed by atoms with Gasteiger partial charge in [-0.25, -0.2) is 4.79 Å². The van der Waals surface area contributed by atoms with Crippen LogP contribution in [0.5, 0.6) is 0 Å². The van der Waals surface area contributed by atoms with Crippen molar-refractivity contribution >= 4 is 22.3 Å². The first-order valence-electron chi connectivity index (χ1n) is 3.96. The monoisotopic (exact) mass is 198 g/mol. The van der Waals surface area contributed by atoms with E-state index in [9.17, 15) is 4.79 Å². The van der Waals surface area contributed by atoms with E-state index in [2.05, 4.69) is 15.4 Å². The Balaban J connectivity index is 2.36. The molecule has 0 bridgehead atoms. The highest BCUT2D eigenvalue weighted by atomic mass is 32.1. The molecule has 0 fully saturated rings. The van der Waals surface area contributed by atoms with Crippen molar-refractivity contribution in [3.63, 3.8) is 0 Å². The number of anilines is 1. The van der Waals surface area contributed by atoms with Crippen LogP contribution in [-0.2, 0) is 11.3 Å². The smallest absolute Gasteiger partial charge is 0.339 e. The summed E-state index contributed by atoms with van der Waals surface area (Å²) in [5.41, 5.74) is 1.69. The molecule has 2 rings (SSSR count). The lowest BCUT2D eigenvalue weighted by Crippen LogP contribution is -2.27. The van der Waals surface area contributed by atoms with Gasteiger partial charge in [-0.2, -0.15) is 0 Å². The van der Waals surface area contributed by atoms with E-state index in [0.717, 1.165) is 23.8 Å². The summed E-state index contributed by atoms with van der Waals surface area (Å²) in [4.78, 5) is 11.3. The van der Waals surface area contributed by atoms with E-state index in [1.807, 2.05) is 5.38 Å². The van der Waals surface area contributed by atoms with Gasteiger partial charge in [0.1, 0.15) is 0 Å². The standard InChI is InChI=1S/C8H10N2O2S/c1-12-8(11)6-3-13-7-5(6)2-9-4-10-7/h3,9-10H,2,4H2,1H3. The number of methoxy groups -OCH3 is 1. The number of hydrogen-bond acceptors (Lipinski definition) is 5. The molecule has 0 radical (unpaired) electrons. The number of fused-ring (bicyclic) bond motifs is 1. The zero-order chi connectivity index (χ0) is 9.26. The second kappa shape index (κ2) is 3.35. The maximum Gasteiger partial charge on any atom is 0.339 e. The van der Waals surface area contributed by atoms with E-state index < -0.39 is 0 Å². The molecule has 0 saturated carbocycles. The van der Waals surface area contributed by atoms with Crippen LogP contribution >= 0.6 is 11.3 Å². The molecule has 0 atom stereocenters. The minimum absolute atomic E-state index is 0.261. The van der Waals surface area contributed by atoms with Gasteiger partial charge in [0, 0.05) is 17.5 Å². The zero-order valence-electron chi connectivity index (χ0n) is 7.22. The molecule has 13 heavy (non-hydrogen) atoms. The van der Waals surface area contributed by atoms with Gasteiger partial charge in [-0.1, -0.05) is 0 Å². The predicted molar refractivity (Wildman–Crippen MR) is 51.0 cm³/mol. The molecule has 4 nitrogen and oxygen atoms in total. The zero-order valence-corrected chi connectivity index (χ0v) is 8.03. The summed E-state index contributed by atoms with van der Waals surface area (Å²) in [5, 5.41) is 9.19. The molecule has 1 aromatic heterocycles. The minimum atomic E-state index is -0.261. The van der Waals surface area contributed by atoms with Crippen molar-refractivity contribution in [2.45, 2.75) is 6.54 Å². The Bertz CT molecular complexity index is 335. The van der Waals surface area contributed by atoms with E-state index in [1.54, 1.807) is 11.3 Å². The Kier molecular flexibility index (Phi) is 2.20.